The van der Waals surface area contributed by atoms with Crippen molar-refractivity contribution in [3.63, 3.8) is 0 Å². The lowest BCUT2D eigenvalue weighted by Crippen LogP contribution is -2.41. The molecule has 1 aliphatic heterocycles. The van der Waals surface area contributed by atoms with E-state index >= 15 is 0 Å². The number of piperidine rings is 1. The van der Waals surface area contributed by atoms with Crippen LogP contribution in [0.1, 0.15) is 24.8 Å². The third-order valence-corrected chi connectivity index (χ3v) is 3.51. The number of carbonyl (C=O) groups is 2. The third kappa shape index (κ3) is 3.62. The Labute approximate surface area is 117 Å². The van der Waals surface area contributed by atoms with Crippen LogP contribution in [0.25, 0.3) is 5.53 Å². The van der Waals surface area contributed by atoms with Gasteiger partial charge in [-0.15, -0.1) is 0 Å². The molecular formula is C15H17N3O2. The zero-order valence-electron chi connectivity index (χ0n) is 11.2. The summed E-state index contributed by atoms with van der Waals surface area (Å²) in [4.78, 5) is 28.3. The molecule has 0 spiro atoms. The van der Waals surface area contributed by atoms with E-state index in [-0.39, 0.29) is 24.0 Å². The molecule has 0 saturated carbocycles. The van der Waals surface area contributed by atoms with Gasteiger partial charge in [-0.1, -0.05) is 30.3 Å². The van der Waals surface area contributed by atoms with Gasteiger partial charge in [-0.05, 0) is 18.4 Å². The molecule has 1 amide bonds. The van der Waals surface area contributed by atoms with Crippen LogP contribution in [0.15, 0.2) is 30.3 Å². The zero-order valence-corrected chi connectivity index (χ0v) is 11.2. The summed E-state index contributed by atoms with van der Waals surface area (Å²) in [5.74, 6) is -0.592. The second kappa shape index (κ2) is 6.78. The van der Waals surface area contributed by atoms with Crippen LogP contribution in [0.4, 0.5) is 0 Å². The Bertz CT molecular complexity index is 535. The first-order valence-electron chi connectivity index (χ1n) is 6.73. The van der Waals surface area contributed by atoms with Crippen LogP contribution < -0.4 is 0 Å². The van der Waals surface area contributed by atoms with E-state index < -0.39 is 0 Å². The molecule has 1 heterocycles. The molecular weight excluding hydrogens is 254 g/mol. The smallest absolute Gasteiger partial charge is 0.323 e. The monoisotopic (exact) mass is 271 g/mol. The lowest BCUT2D eigenvalue weighted by Gasteiger charge is -2.31. The highest BCUT2D eigenvalue weighted by atomic mass is 16.2. The Kier molecular flexibility index (Phi) is 4.80. The number of nitrogens with zero attached hydrogens (tertiary/aromatic N) is 3. The van der Waals surface area contributed by atoms with Crippen LogP contribution in [0.5, 0.6) is 0 Å². The van der Waals surface area contributed by atoms with Crippen molar-refractivity contribution in [1.82, 2.24) is 4.90 Å². The molecule has 0 bridgehead atoms. The first-order chi connectivity index (χ1) is 9.70. The summed E-state index contributed by atoms with van der Waals surface area (Å²) in [6.07, 6.45) is 2.60. The maximum atomic E-state index is 12.3. The Balaban J connectivity index is 1.99. The van der Waals surface area contributed by atoms with E-state index in [1.54, 1.807) is 4.90 Å². The Hall–Kier alpha value is -2.26. The largest absolute Gasteiger partial charge is 0.361 e. The normalized spacial score (nSPS) is 18.5. The van der Waals surface area contributed by atoms with E-state index in [0.717, 1.165) is 31.2 Å². The number of Topliss-reactive ketones (excluding diaryl/α,β-unsaturated/α-hetero) is 1. The van der Waals surface area contributed by atoms with Crippen molar-refractivity contribution < 1.29 is 14.4 Å². The lowest BCUT2D eigenvalue weighted by atomic mass is 9.92. The first-order valence-corrected chi connectivity index (χ1v) is 6.73. The van der Waals surface area contributed by atoms with Crippen molar-refractivity contribution in [1.29, 1.82) is 0 Å². The van der Waals surface area contributed by atoms with Gasteiger partial charge in [0.25, 0.3) is 0 Å². The summed E-state index contributed by atoms with van der Waals surface area (Å²) in [6.45, 7) is 1.31. The Morgan fingerprint density at radius 2 is 2.15 bits per heavy atom. The van der Waals surface area contributed by atoms with E-state index in [9.17, 15) is 9.59 Å². The maximum absolute atomic E-state index is 12.3. The minimum atomic E-state index is -0.313. The quantitative estimate of drug-likeness (QED) is 0.464. The molecule has 1 unspecified atom stereocenters. The third-order valence-electron chi connectivity index (χ3n) is 3.51. The number of rotatable bonds is 5. The van der Waals surface area contributed by atoms with Gasteiger partial charge in [0.2, 0.25) is 11.7 Å². The molecule has 1 aromatic carbocycles. The molecule has 0 aliphatic carbocycles. The van der Waals surface area contributed by atoms with Crippen LogP contribution in [0.3, 0.4) is 0 Å². The second-order valence-corrected chi connectivity index (χ2v) is 5.00. The molecule has 2 rings (SSSR count). The number of ketones is 1. The fourth-order valence-electron chi connectivity index (χ4n) is 2.53. The summed E-state index contributed by atoms with van der Waals surface area (Å²) in [6, 6.07) is 9.81. The SMILES string of the molecule is [N-]=[N+]=CC(=O)CC1CCCN(Cc2ccccc2)C1=O. The van der Waals surface area contributed by atoms with E-state index in [2.05, 4.69) is 4.79 Å². The molecule has 1 aromatic rings. The molecule has 5 nitrogen and oxygen atoms in total. The van der Waals surface area contributed by atoms with Crippen molar-refractivity contribution in [2.24, 2.45) is 5.92 Å². The van der Waals surface area contributed by atoms with Crippen molar-refractivity contribution >= 4 is 17.9 Å². The number of likely N-dealkylation sites (tertiary alicyclic amines) is 1. The minimum Gasteiger partial charge on any atom is -0.361 e. The van der Waals surface area contributed by atoms with Gasteiger partial charge >= 0.3 is 6.21 Å². The van der Waals surface area contributed by atoms with E-state index in [0.29, 0.717) is 6.54 Å². The predicted octanol–water partition coefficient (Wildman–Crippen LogP) is 1.69. The molecule has 1 atom stereocenters. The van der Waals surface area contributed by atoms with Crippen molar-refractivity contribution in [3.8, 4) is 0 Å². The van der Waals surface area contributed by atoms with Crippen LogP contribution in [-0.2, 0) is 16.1 Å². The molecule has 5 heteroatoms. The molecule has 20 heavy (non-hydrogen) atoms. The van der Waals surface area contributed by atoms with Crippen LogP contribution in [-0.4, -0.2) is 34.1 Å². The fraction of sp³-hybridized carbons (Fsp3) is 0.400. The second-order valence-electron chi connectivity index (χ2n) is 5.00. The zero-order chi connectivity index (χ0) is 14.4. The summed E-state index contributed by atoms with van der Waals surface area (Å²) in [5, 5.41) is 0. The van der Waals surface area contributed by atoms with Gasteiger partial charge < -0.3 is 10.4 Å². The number of amides is 1. The summed E-state index contributed by atoms with van der Waals surface area (Å²) in [5.41, 5.74) is 9.42. The molecule has 1 aliphatic rings. The van der Waals surface area contributed by atoms with Crippen molar-refractivity contribution in [2.75, 3.05) is 6.54 Å². The van der Waals surface area contributed by atoms with Crippen molar-refractivity contribution in [2.45, 2.75) is 25.8 Å². The lowest BCUT2D eigenvalue weighted by molar-refractivity contribution is -0.141. The topological polar surface area (TPSA) is 73.8 Å². The van der Waals surface area contributed by atoms with Crippen LogP contribution >= 0.6 is 0 Å². The predicted molar refractivity (Wildman–Crippen MR) is 73.9 cm³/mol. The van der Waals surface area contributed by atoms with E-state index in [1.165, 1.54) is 0 Å². The molecule has 1 fully saturated rings. The standard InChI is InChI=1S/C15H17N3O2/c16-17-10-14(19)9-13-7-4-8-18(15(13)20)11-12-5-2-1-3-6-12/h1-3,5-6,10,13H,4,7-9,11H2. The first kappa shape index (κ1) is 14.2. The average Bonchev–Trinajstić information content (AvgIpc) is 2.45. The highest BCUT2D eigenvalue weighted by molar-refractivity contribution is 6.25. The highest BCUT2D eigenvalue weighted by Gasteiger charge is 2.30. The van der Waals surface area contributed by atoms with Gasteiger partial charge in [0, 0.05) is 25.4 Å². The Morgan fingerprint density at radius 3 is 2.85 bits per heavy atom. The van der Waals surface area contributed by atoms with Crippen LogP contribution in [0, 0.1) is 5.92 Å². The summed E-state index contributed by atoms with van der Waals surface area (Å²) in [7, 11) is 0. The molecule has 0 aromatic heterocycles. The molecule has 0 radical (unpaired) electrons. The molecule has 104 valence electrons. The van der Waals surface area contributed by atoms with E-state index in [4.69, 9.17) is 5.53 Å². The van der Waals surface area contributed by atoms with Gasteiger partial charge in [0.15, 0.2) is 0 Å². The number of carbonyl (C=O) groups excluding carboxylic acids is 2. The van der Waals surface area contributed by atoms with Gasteiger partial charge in [0.05, 0.1) is 0 Å². The maximum Gasteiger partial charge on any atom is 0.323 e. The number of hydrogen-bond acceptors (Lipinski definition) is 2. The van der Waals surface area contributed by atoms with Gasteiger partial charge in [-0.25, -0.2) is 0 Å². The summed E-state index contributed by atoms with van der Waals surface area (Å²) >= 11 is 0. The van der Waals surface area contributed by atoms with Crippen molar-refractivity contribution in [3.05, 3.63) is 41.4 Å². The van der Waals surface area contributed by atoms with Gasteiger partial charge in [-0.2, -0.15) is 4.79 Å². The van der Waals surface area contributed by atoms with Gasteiger partial charge in [0.1, 0.15) is 0 Å². The highest BCUT2D eigenvalue weighted by Crippen LogP contribution is 2.22. The number of hydrogen-bond donors (Lipinski definition) is 0. The molecule has 1 saturated heterocycles. The average molecular weight is 271 g/mol. The Morgan fingerprint density at radius 1 is 1.40 bits per heavy atom. The summed E-state index contributed by atoms with van der Waals surface area (Å²) < 4.78 is 0. The number of benzene rings is 1. The fourth-order valence-corrected chi connectivity index (χ4v) is 2.53. The molecule has 0 N–H and O–H groups in total. The van der Waals surface area contributed by atoms with E-state index in [1.807, 2.05) is 30.3 Å². The van der Waals surface area contributed by atoms with Gasteiger partial charge in [-0.3, -0.25) is 9.59 Å². The van der Waals surface area contributed by atoms with Crippen LogP contribution in [0.2, 0.25) is 0 Å². The minimum absolute atomic E-state index is 0.0137.